The number of esters is 1. The molecule has 0 fully saturated rings. The smallest absolute Gasteiger partial charge is 0.336 e. The molecule has 10 heteroatoms. The standard InChI is InChI=1S/C35H36BrNO8/c1-20-31(35(39)45-14-13-44-24-9-7-6-8-10-24)32(23-15-25(36)34(43-5)30(19-23)42-4)33-26(37-20)16-22(17-27(33)38)21-11-12-28(40-2)29(18-21)41-3/h6-12,15,18-19,22,32,37H,13-14,16-17H2,1-5H3. The summed E-state index contributed by atoms with van der Waals surface area (Å²) in [5, 5.41) is 3.40. The summed E-state index contributed by atoms with van der Waals surface area (Å²) in [7, 11) is 6.28. The van der Waals surface area contributed by atoms with E-state index in [1.807, 2.05) is 61.5 Å². The van der Waals surface area contributed by atoms with Crippen LogP contribution >= 0.6 is 15.9 Å². The molecule has 0 spiro atoms. The molecule has 0 radical (unpaired) electrons. The Morgan fingerprint density at radius 3 is 2.24 bits per heavy atom. The van der Waals surface area contributed by atoms with E-state index in [1.54, 1.807) is 34.5 Å². The van der Waals surface area contributed by atoms with Gasteiger partial charge in [-0.15, -0.1) is 0 Å². The zero-order valence-electron chi connectivity index (χ0n) is 25.9. The van der Waals surface area contributed by atoms with Crippen LogP contribution in [0.1, 0.15) is 42.7 Å². The molecule has 1 N–H and O–H groups in total. The van der Waals surface area contributed by atoms with Gasteiger partial charge < -0.3 is 33.7 Å². The monoisotopic (exact) mass is 677 g/mol. The molecule has 0 bridgehead atoms. The van der Waals surface area contributed by atoms with Crippen molar-refractivity contribution in [2.24, 2.45) is 0 Å². The Morgan fingerprint density at radius 2 is 1.56 bits per heavy atom. The van der Waals surface area contributed by atoms with E-state index in [-0.39, 0.29) is 31.3 Å². The van der Waals surface area contributed by atoms with Crippen molar-refractivity contribution in [3.05, 3.63) is 98.8 Å². The van der Waals surface area contributed by atoms with E-state index in [2.05, 4.69) is 21.2 Å². The summed E-state index contributed by atoms with van der Waals surface area (Å²) < 4.78 is 34.2. The van der Waals surface area contributed by atoms with Crippen LogP contribution in [-0.2, 0) is 14.3 Å². The Labute approximate surface area is 271 Å². The molecular formula is C35H36BrNO8. The van der Waals surface area contributed by atoms with Crippen molar-refractivity contribution in [1.82, 2.24) is 5.32 Å². The first-order valence-electron chi connectivity index (χ1n) is 14.5. The van der Waals surface area contributed by atoms with E-state index in [1.165, 1.54) is 0 Å². The van der Waals surface area contributed by atoms with Crippen LogP contribution in [0, 0.1) is 0 Å². The number of para-hydroxylation sites is 1. The third kappa shape index (κ3) is 6.66. The Morgan fingerprint density at radius 1 is 0.844 bits per heavy atom. The van der Waals surface area contributed by atoms with Gasteiger partial charge in [-0.05, 0) is 82.7 Å². The molecule has 1 heterocycles. The summed E-state index contributed by atoms with van der Waals surface area (Å²) in [5.74, 6) is 1.49. The SMILES string of the molecule is COc1ccc(C2CC(=O)C3=C(C2)NC(C)=C(C(=O)OCCOc2ccccc2)C3c2cc(Br)c(OC)c(OC)c2)cc1OC. The highest BCUT2D eigenvalue weighted by Gasteiger charge is 2.42. The number of carbonyl (C=O) groups excluding carboxylic acids is 2. The van der Waals surface area contributed by atoms with Crippen molar-refractivity contribution in [2.75, 3.05) is 41.7 Å². The van der Waals surface area contributed by atoms with E-state index >= 15 is 0 Å². The van der Waals surface area contributed by atoms with Crippen molar-refractivity contribution >= 4 is 27.7 Å². The van der Waals surface area contributed by atoms with E-state index in [0.29, 0.717) is 62.0 Å². The second-order valence-corrected chi connectivity index (χ2v) is 11.5. The highest BCUT2D eigenvalue weighted by molar-refractivity contribution is 9.10. The maximum Gasteiger partial charge on any atom is 0.336 e. The zero-order chi connectivity index (χ0) is 32.1. The summed E-state index contributed by atoms with van der Waals surface area (Å²) in [5.41, 5.74) is 3.92. The van der Waals surface area contributed by atoms with Crippen LogP contribution in [0.25, 0.3) is 0 Å². The molecule has 1 aliphatic heterocycles. The fourth-order valence-electron chi connectivity index (χ4n) is 5.98. The number of hydrogen-bond acceptors (Lipinski definition) is 9. The molecule has 5 rings (SSSR count). The van der Waals surface area contributed by atoms with Crippen molar-refractivity contribution < 1.29 is 38.0 Å². The number of ether oxygens (including phenoxy) is 6. The molecule has 1 aliphatic carbocycles. The minimum atomic E-state index is -0.696. The van der Waals surface area contributed by atoms with Crippen LogP contribution in [0.4, 0.5) is 0 Å². The number of rotatable bonds is 11. The third-order valence-corrected chi connectivity index (χ3v) is 8.63. The maximum atomic E-state index is 14.1. The van der Waals surface area contributed by atoms with Gasteiger partial charge in [0.05, 0.1) is 38.5 Å². The zero-order valence-corrected chi connectivity index (χ0v) is 27.5. The Bertz CT molecular complexity index is 1650. The summed E-state index contributed by atoms with van der Waals surface area (Å²) >= 11 is 3.59. The lowest BCUT2D eigenvalue weighted by Crippen LogP contribution is -2.36. The van der Waals surface area contributed by atoms with Gasteiger partial charge in [0.1, 0.15) is 19.0 Å². The van der Waals surface area contributed by atoms with E-state index in [9.17, 15) is 9.59 Å². The number of methoxy groups -OCH3 is 4. The molecule has 0 aromatic heterocycles. The van der Waals surface area contributed by atoms with Crippen molar-refractivity contribution in [1.29, 1.82) is 0 Å². The predicted octanol–water partition coefficient (Wildman–Crippen LogP) is 6.47. The number of hydrogen-bond donors (Lipinski definition) is 1. The van der Waals surface area contributed by atoms with E-state index < -0.39 is 11.9 Å². The fraction of sp³-hybridized carbons (Fsp3) is 0.314. The normalized spacial score (nSPS) is 17.7. The Kier molecular flexibility index (Phi) is 10.0. The van der Waals surface area contributed by atoms with Crippen LogP contribution in [-0.4, -0.2) is 53.4 Å². The molecule has 3 aromatic carbocycles. The number of benzene rings is 3. The number of allylic oxidation sites excluding steroid dienone is 3. The first-order valence-corrected chi connectivity index (χ1v) is 15.3. The van der Waals surface area contributed by atoms with Crippen LogP contribution in [0.2, 0.25) is 0 Å². The van der Waals surface area contributed by atoms with Gasteiger partial charge >= 0.3 is 5.97 Å². The van der Waals surface area contributed by atoms with Gasteiger partial charge in [0, 0.05) is 29.3 Å². The lowest BCUT2D eigenvalue weighted by atomic mass is 9.71. The van der Waals surface area contributed by atoms with Gasteiger partial charge in [-0.3, -0.25) is 4.79 Å². The molecule has 0 amide bonds. The number of halogens is 1. The lowest BCUT2D eigenvalue weighted by molar-refractivity contribution is -0.140. The first kappa shape index (κ1) is 32.0. The molecule has 2 aliphatic rings. The molecule has 2 atom stereocenters. The maximum absolute atomic E-state index is 14.1. The number of carbonyl (C=O) groups is 2. The summed E-state index contributed by atoms with van der Waals surface area (Å²) in [6.45, 7) is 2.05. The molecule has 45 heavy (non-hydrogen) atoms. The molecule has 3 aromatic rings. The second-order valence-electron chi connectivity index (χ2n) is 10.7. The second kappa shape index (κ2) is 14.1. The summed E-state index contributed by atoms with van der Waals surface area (Å²) in [4.78, 5) is 27.9. The van der Waals surface area contributed by atoms with Crippen molar-refractivity contribution in [2.45, 2.75) is 31.6 Å². The van der Waals surface area contributed by atoms with Crippen LogP contribution < -0.4 is 29.0 Å². The average molecular weight is 679 g/mol. The number of nitrogens with one attached hydrogen (secondary N) is 1. The predicted molar refractivity (Wildman–Crippen MR) is 172 cm³/mol. The first-order chi connectivity index (χ1) is 21.8. The van der Waals surface area contributed by atoms with Gasteiger partial charge in [-0.1, -0.05) is 24.3 Å². The highest BCUT2D eigenvalue weighted by Crippen LogP contribution is 2.49. The average Bonchev–Trinajstić information content (AvgIpc) is 3.05. The Balaban J connectivity index is 1.50. The van der Waals surface area contributed by atoms with Gasteiger partial charge in [-0.25, -0.2) is 4.79 Å². The molecule has 0 saturated heterocycles. The molecular weight excluding hydrogens is 642 g/mol. The molecule has 0 saturated carbocycles. The quantitative estimate of drug-likeness (QED) is 0.181. The van der Waals surface area contributed by atoms with Crippen molar-refractivity contribution in [3.8, 4) is 28.7 Å². The number of ketones is 1. The number of Topliss-reactive ketones (excluding diaryl/α,β-unsaturated/α-hetero) is 1. The van der Waals surface area contributed by atoms with Gasteiger partial charge in [0.25, 0.3) is 0 Å². The van der Waals surface area contributed by atoms with E-state index in [0.717, 1.165) is 11.3 Å². The molecule has 236 valence electrons. The minimum absolute atomic E-state index is 0.0358. The minimum Gasteiger partial charge on any atom is -0.493 e. The third-order valence-electron chi connectivity index (χ3n) is 8.04. The molecule has 2 unspecified atom stereocenters. The van der Waals surface area contributed by atoms with Crippen LogP contribution in [0.5, 0.6) is 28.7 Å². The molecule has 9 nitrogen and oxygen atoms in total. The fourth-order valence-corrected chi connectivity index (χ4v) is 6.60. The lowest BCUT2D eigenvalue weighted by Gasteiger charge is -2.37. The van der Waals surface area contributed by atoms with Gasteiger partial charge in [0.2, 0.25) is 0 Å². The topological polar surface area (TPSA) is 102 Å². The summed E-state index contributed by atoms with van der Waals surface area (Å²) in [6.07, 6.45) is 0.819. The largest absolute Gasteiger partial charge is 0.493 e. The summed E-state index contributed by atoms with van der Waals surface area (Å²) in [6, 6.07) is 18.7. The Hall–Kier alpha value is -4.44. The van der Waals surface area contributed by atoms with Gasteiger partial charge in [-0.2, -0.15) is 0 Å². The van der Waals surface area contributed by atoms with Gasteiger partial charge in [0.15, 0.2) is 28.8 Å². The highest BCUT2D eigenvalue weighted by atomic mass is 79.9. The van der Waals surface area contributed by atoms with E-state index in [4.69, 9.17) is 28.4 Å². The van der Waals surface area contributed by atoms with Crippen LogP contribution in [0.3, 0.4) is 0 Å². The van der Waals surface area contributed by atoms with Crippen LogP contribution in [0.15, 0.2) is 87.7 Å². The van der Waals surface area contributed by atoms with Crippen molar-refractivity contribution in [3.63, 3.8) is 0 Å². The number of dihydropyridines is 1.